The fraction of sp³-hybridized carbons (Fsp3) is 0.125. The van der Waals surface area contributed by atoms with Crippen LogP contribution in [0.1, 0.15) is 26.3 Å². The standard InChI is InChI=1S/2C8H8O4/c1-12-8(11)5-3-2-4-6(9)7(5)10;1-4-2-3-5(8(11)12)7(10)6(4)9/h2-4,9-10H,1H3;2-3,9-10H,1H3,(H,11,12). The second-order valence-corrected chi connectivity index (χ2v) is 4.60. The molecule has 0 aliphatic heterocycles. The van der Waals surface area contributed by atoms with E-state index in [1.54, 1.807) is 6.92 Å². The van der Waals surface area contributed by atoms with E-state index in [9.17, 15) is 9.59 Å². The molecule has 0 aliphatic rings. The molecule has 2 rings (SSSR count). The van der Waals surface area contributed by atoms with Gasteiger partial charge in [-0.1, -0.05) is 12.1 Å². The summed E-state index contributed by atoms with van der Waals surface area (Å²) in [4.78, 5) is 21.3. The molecule has 8 heteroatoms. The number of phenols is 4. The SMILES string of the molecule is COC(=O)c1cccc(O)c1O.Cc1ccc(C(=O)O)c(O)c1O. The van der Waals surface area contributed by atoms with Gasteiger partial charge in [-0.3, -0.25) is 0 Å². The minimum absolute atomic E-state index is 0.0440. The van der Waals surface area contributed by atoms with Gasteiger partial charge < -0.3 is 30.3 Å². The number of methoxy groups -OCH3 is 1. The molecular formula is C16H16O8. The van der Waals surface area contributed by atoms with Crippen molar-refractivity contribution in [3.63, 3.8) is 0 Å². The minimum atomic E-state index is -1.26. The number of ether oxygens (including phenoxy) is 1. The van der Waals surface area contributed by atoms with Crippen LogP contribution < -0.4 is 0 Å². The second kappa shape index (κ2) is 7.73. The third-order valence-corrected chi connectivity index (χ3v) is 3.00. The van der Waals surface area contributed by atoms with Crippen molar-refractivity contribution in [3.05, 3.63) is 47.0 Å². The Bertz CT molecular complexity index is 767. The summed E-state index contributed by atoms with van der Waals surface area (Å²) in [7, 11) is 1.20. The normalized spacial score (nSPS) is 9.58. The Morgan fingerprint density at radius 2 is 1.50 bits per heavy atom. The summed E-state index contributed by atoms with van der Waals surface area (Å²) in [6.45, 7) is 1.57. The molecular weight excluding hydrogens is 320 g/mol. The van der Waals surface area contributed by atoms with Crippen LogP contribution in [0, 0.1) is 6.92 Å². The van der Waals surface area contributed by atoms with Gasteiger partial charge >= 0.3 is 11.9 Å². The van der Waals surface area contributed by atoms with Gasteiger partial charge in [0.25, 0.3) is 0 Å². The third kappa shape index (κ3) is 4.07. The van der Waals surface area contributed by atoms with Crippen molar-refractivity contribution >= 4 is 11.9 Å². The van der Waals surface area contributed by atoms with E-state index < -0.39 is 23.4 Å². The number of carbonyl (C=O) groups is 2. The zero-order valence-electron chi connectivity index (χ0n) is 12.8. The predicted octanol–water partition coefficient (Wildman–Crippen LogP) is 1.99. The molecule has 0 bridgehead atoms. The summed E-state index contributed by atoms with van der Waals surface area (Å²) in [5.41, 5.74) is 0.105. The van der Waals surface area contributed by atoms with Gasteiger partial charge in [-0.2, -0.15) is 0 Å². The van der Waals surface area contributed by atoms with Crippen LogP contribution in [0.5, 0.6) is 23.0 Å². The molecule has 2 aromatic rings. The number of hydrogen-bond acceptors (Lipinski definition) is 7. The smallest absolute Gasteiger partial charge is 0.341 e. The first-order valence-electron chi connectivity index (χ1n) is 6.54. The Hall–Kier alpha value is -3.42. The fourth-order valence-electron chi connectivity index (χ4n) is 1.66. The Kier molecular flexibility index (Phi) is 6.00. The molecule has 0 spiro atoms. The van der Waals surface area contributed by atoms with E-state index in [0.29, 0.717) is 5.56 Å². The summed E-state index contributed by atoms with van der Waals surface area (Å²) in [6, 6.07) is 6.76. The molecule has 0 amide bonds. The van der Waals surface area contributed by atoms with Crippen LogP contribution in [0.15, 0.2) is 30.3 Å². The van der Waals surface area contributed by atoms with Crippen molar-refractivity contribution in [1.82, 2.24) is 0 Å². The highest BCUT2D eigenvalue weighted by Crippen LogP contribution is 2.31. The molecule has 0 aliphatic carbocycles. The monoisotopic (exact) mass is 336 g/mol. The highest BCUT2D eigenvalue weighted by molar-refractivity contribution is 5.93. The number of phenolic OH excluding ortho intramolecular Hbond substituents is 3. The Labute approximate surface area is 136 Å². The van der Waals surface area contributed by atoms with Crippen molar-refractivity contribution in [2.45, 2.75) is 6.92 Å². The number of esters is 1. The molecule has 0 unspecified atom stereocenters. The van der Waals surface area contributed by atoms with E-state index in [4.69, 9.17) is 25.5 Å². The maximum absolute atomic E-state index is 10.9. The van der Waals surface area contributed by atoms with Gasteiger partial charge in [0.1, 0.15) is 11.1 Å². The summed E-state index contributed by atoms with van der Waals surface area (Å²) in [6.07, 6.45) is 0. The number of rotatable bonds is 2. The minimum Gasteiger partial charge on any atom is -0.504 e. The van der Waals surface area contributed by atoms with Crippen molar-refractivity contribution in [2.75, 3.05) is 7.11 Å². The fourth-order valence-corrected chi connectivity index (χ4v) is 1.66. The topological polar surface area (TPSA) is 145 Å². The summed E-state index contributed by atoms with van der Waals surface area (Å²) in [5.74, 6) is -3.69. The van der Waals surface area contributed by atoms with Crippen LogP contribution in [0.2, 0.25) is 0 Å². The van der Waals surface area contributed by atoms with E-state index in [0.717, 1.165) is 0 Å². The molecule has 128 valence electrons. The lowest BCUT2D eigenvalue weighted by molar-refractivity contribution is 0.0595. The van der Waals surface area contributed by atoms with Gasteiger partial charge in [0.2, 0.25) is 0 Å². The molecule has 24 heavy (non-hydrogen) atoms. The average molecular weight is 336 g/mol. The third-order valence-electron chi connectivity index (χ3n) is 3.00. The van der Waals surface area contributed by atoms with E-state index in [-0.39, 0.29) is 22.6 Å². The Morgan fingerprint density at radius 3 is 2.04 bits per heavy atom. The predicted molar refractivity (Wildman–Crippen MR) is 82.6 cm³/mol. The van der Waals surface area contributed by atoms with Gasteiger partial charge in [-0.25, -0.2) is 9.59 Å². The van der Waals surface area contributed by atoms with Crippen molar-refractivity contribution in [3.8, 4) is 23.0 Å². The summed E-state index contributed by atoms with van der Waals surface area (Å²) in [5, 5.41) is 44.9. The molecule has 0 saturated carbocycles. The molecule has 0 saturated heterocycles. The largest absolute Gasteiger partial charge is 0.504 e. The number of aromatic hydroxyl groups is 4. The number of para-hydroxylation sites is 1. The first-order chi connectivity index (χ1) is 11.2. The zero-order chi connectivity index (χ0) is 18.4. The van der Waals surface area contributed by atoms with Crippen molar-refractivity contribution in [1.29, 1.82) is 0 Å². The lowest BCUT2D eigenvalue weighted by Gasteiger charge is -2.03. The quantitative estimate of drug-likeness (QED) is 0.413. The highest BCUT2D eigenvalue weighted by Gasteiger charge is 2.14. The molecule has 0 heterocycles. The van der Waals surface area contributed by atoms with Crippen LogP contribution in [-0.4, -0.2) is 44.6 Å². The van der Waals surface area contributed by atoms with Crippen LogP contribution in [0.3, 0.4) is 0 Å². The van der Waals surface area contributed by atoms with Gasteiger partial charge in [0.15, 0.2) is 23.0 Å². The first-order valence-corrected chi connectivity index (χ1v) is 6.54. The van der Waals surface area contributed by atoms with Crippen molar-refractivity contribution in [2.24, 2.45) is 0 Å². The number of carbonyl (C=O) groups excluding carboxylic acids is 1. The van der Waals surface area contributed by atoms with Gasteiger partial charge in [-0.15, -0.1) is 0 Å². The average Bonchev–Trinajstić information content (AvgIpc) is 2.55. The lowest BCUT2D eigenvalue weighted by Crippen LogP contribution is -2.00. The van der Waals surface area contributed by atoms with E-state index in [2.05, 4.69) is 4.74 Å². The maximum atomic E-state index is 10.9. The number of hydrogen-bond donors (Lipinski definition) is 5. The molecule has 2 aromatic carbocycles. The number of benzene rings is 2. The summed E-state index contributed by atoms with van der Waals surface area (Å²) >= 11 is 0. The number of aryl methyl sites for hydroxylation is 1. The second-order valence-electron chi connectivity index (χ2n) is 4.60. The van der Waals surface area contributed by atoms with Gasteiger partial charge in [0.05, 0.1) is 7.11 Å². The number of carboxylic acids is 1. The Balaban J connectivity index is 0.000000240. The Morgan fingerprint density at radius 1 is 0.875 bits per heavy atom. The van der Waals surface area contributed by atoms with E-state index in [1.807, 2.05) is 0 Å². The highest BCUT2D eigenvalue weighted by atomic mass is 16.5. The lowest BCUT2D eigenvalue weighted by atomic mass is 10.1. The zero-order valence-corrected chi connectivity index (χ0v) is 12.8. The van der Waals surface area contributed by atoms with E-state index in [1.165, 1.54) is 37.4 Å². The molecule has 0 aromatic heterocycles. The van der Waals surface area contributed by atoms with Gasteiger partial charge in [-0.05, 0) is 30.7 Å². The van der Waals surface area contributed by atoms with Crippen LogP contribution in [-0.2, 0) is 4.74 Å². The number of carboxylic acid groups (broad SMARTS) is 1. The van der Waals surface area contributed by atoms with Crippen molar-refractivity contribution < 1.29 is 39.9 Å². The first kappa shape index (κ1) is 18.6. The molecule has 8 nitrogen and oxygen atoms in total. The van der Waals surface area contributed by atoms with E-state index >= 15 is 0 Å². The molecule has 0 fully saturated rings. The van der Waals surface area contributed by atoms with Crippen LogP contribution in [0.4, 0.5) is 0 Å². The molecule has 0 radical (unpaired) electrons. The van der Waals surface area contributed by atoms with Crippen LogP contribution >= 0.6 is 0 Å². The maximum Gasteiger partial charge on any atom is 0.341 e. The molecule has 0 atom stereocenters. The summed E-state index contributed by atoms with van der Waals surface area (Å²) < 4.78 is 4.36. The molecule has 5 N–H and O–H groups in total. The van der Waals surface area contributed by atoms with Gasteiger partial charge in [0, 0.05) is 0 Å². The van der Waals surface area contributed by atoms with Crippen LogP contribution in [0.25, 0.3) is 0 Å². The number of aromatic carboxylic acids is 1.